The van der Waals surface area contributed by atoms with Crippen molar-refractivity contribution in [2.24, 2.45) is 0 Å². The summed E-state index contributed by atoms with van der Waals surface area (Å²) in [5, 5.41) is 0. The standard InChI is InChI=1S/C49H43BN4/c1-32-27-33(2)47(34(3)28-32)54-44-21-12-10-19-40(44)50(38-16-14-15-35(29-38)43-31-37(25-26-51-43)49(4,5)6)41-30-36(23-24-45(41)54)48-52-42-20-11-13-22-46(42)53(48)39-17-8-7-9-18-39/h7-31H,1-6H3. The molecule has 4 nitrogen and oxygen atoms in total. The van der Waals surface area contributed by atoms with E-state index >= 15 is 0 Å². The Balaban J connectivity index is 1.30. The van der Waals surface area contributed by atoms with Crippen molar-refractivity contribution in [1.29, 1.82) is 0 Å². The predicted octanol–water partition coefficient (Wildman–Crippen LogP) is 10.3. The minimum absolute atomic E-state index is 0.0267. The number of imidazole rings is 1. The van der Waals surface area contributed by atoms with Gasteiger partial charge in [-0.05, 0) is 114 Å². The Hall–Kier alpha value is -6.20. The second-order valence-electron chi connectivity index (χ2n) is 15.7. The lowest BCUT2D eigenvalue weighted by Crippen LogP contribution is -2.57. The van der Waals surface area contributed by atoms with Crippen molar-refractivity contribution in [1.82, 2.24) is 14.5 Å². The molecule has 0 fully saturated rings. The van der Waals surface area contributed by atoms with Gasteiger partial charge in [-0.2, -0.15) is 0 Å². The van der Waals surface area contributed by atoms with Gasteiger partial charge in [-0.3, -0.25) is 9.55 Å². The Morgan fingerprint density at radius 3 is 2.11 bits per heavy atom. The van der Waals surface area contributed by atoms with Crippen molar-refractivity contribution in [3.63, 3.8) is 0 Å². The van der Waals surface area contributed by atoms with E-state index in [2.05, 4.69) is 197 Å². The second-order valence-corrected chi connectivity index (χ2v) is 15.7. The van der Waals surface area contributed by atoms with Crippen molar-refractivity contribution in [2.75, 3.05) is 4.90 Å². The van der Waals surface area contributed by atoms with Crippen molar-refractivity contribution < 1.29 is 0 Å². The number of nitrogens with zero attached hydrogens (tertiary/aromatic N) is 4. The van der Waals surface area contributed by atoms with Gasteiger partial charge in [0.25, 0.3) is 0 Å². The summed E-state index contributed by atoms with van der Waals surface area (Å²) in [5.41, 5.74) is 18.8. The maximum absolute atomic E-state index is 5.29. The summed E-state index contributed by atoms with van der Waals surface area (Å²) in [6, 6.07) is 52.9. The number of fused-ring (bicyclic) bond motifs is 3. The summed E-state index contributed by atoms with van der Waals surface area (Å²) in [5.74, 6) is 0.925. The highest BCUT2D eigenvalue weighted by Gasteiger charge is 2.37. The van der Waals surface area contributed by atoms with Crippen LogP contribution in [0.2, 0.25) is 0 Å². The van der Waals surface area contributed by atoms with Gasteiger partial charge in [0.1, 0.15) is 5.82 Å². The minimum Gasteiger partial charge on any atom is -0.311 e. The molecule has 9 rings (SSSR count). The van der Waals surface area contributed by atoms with Crippen LogP contribution in [0.15, 0.2) is 152 Å². The van der Waals surface area contributed by atoms with Crippen LogP contribution in [0.3, 0.4) is 0 Å². The summed E-state index contributed by atoms with van der Waals surface area (Å²) >= 11 is 0. The molecular weight excluding hydrogens is 655 g/mol. The van der Waals surface area contributed by atoms with Gasteiger partial charge in [-0.25, -0.2) is 4.98 Å². The predicted molar refractivity (Wildman–Crippen MR) is 228 cm³/mol. The molecule has 0 saturated carbocycles. The average Bonchev–Trinajstić information content (AvgIpc) is 3.57. The first-order valence-corrected chi connectivity index (χ1v) is 18.9. The van der Waals surface area contributed by atoms with Crippen molar-refractivity contribution >= 4 is 51.2 Å². The van der Waals surface area contributed by atoms with Crippen LogP contribution >= 0.6 is 0 Å². The summed E-state index contributed by atoms with van der Waals surface area (Å²) in [6.07, 6.45) is 1.95. The molecule has 1 aliphatic heterocycles. The summed E-state index contributed by atoms with van der Waals surface area (Å²) < 4.78 is 2.30. The van der Waals surface area contributed by atoms with E-state index in [-0.39, 0.29) is 12.1 Å². The Morgan fingerprint density at radius 1 is 0.593 bits per heavy atom. The number of pyridine rings is 1. The van der Waals surface area contributed by atoms with Gasteiger partial charge in [0.2, 0.25) is 6.71 Å². The molecule has 1 aliphatic rings. The summed E-state index contributed by atoms with van der Waals surface area (Å²) in [4.78, 5) is 12.7. The first-order valence-electron chi connectivity index (χ1n) is 18.9. The first-order chi connectivity index (χ1) is 26.2. The van der Waals surface area contributed by atoms with Gasteiger partial charge in [0.05, 0.1) is 22.4 Å². The number of aromatic nitrogens is 3. The Kier molecular flexibility index (Phi) is 8.12. The number of para-hydroxylation sites is 4. The maximum Gasteiger partial charge on any atom is 0.246 e. The second kappa shape index (κ2) is 13.0. The van der Waals surface area contributed by atoms with Crippen LogP contribution in [0.1, 0.15) is 43.0 Å². The molecular formula is C49H43BN4. The van der Waals surface area contributed by atoms with Crippen molar-refractivity contribution in [3.8, 4) is 28.3 Å². The number of benzene rings is 6. The summed E-state index contributed by atoms with van der Waals surface area (Å²) in [7, 11) is 0. The fraction of sp³-hybridized carbons (Fsp3) is 0.143. The zero-order valence-corrected chi connectivity index (χ0v) is 31.8. The molecule has 0 spiro atoms. The lowest BCUT2D eigenvalue weighted by Gasteiger charge is -2.39. The maximum atomic E-state index is 5.29. The normalized spacial score (nSPS) is 12.6. The van der Waals surface area contributed by atoms with Gasteiger partial charge in [-0.15, -0.1) is 0 Å². The van der Waals surface area contributed by atoms with E-state index in [9.17, 15) is 0 Å². The smallest absolute Gasteiger partial charge is 0.246 e. The molecule has 0 aliphatic carbocycles. The molecule has 0 unspecified atom stereocenters. The molecule has 6 aromatic carbocycles. The zero-order chi connectivity index (χ0) is 37.1. The Bertz CT molecular complexity index is 2680. The van der Waals surface area contributed by atoms with Gasteiger partial charge < -0.3 is 4.90 Å². The van der Waals surface area contributed by atoms with Crippen LogP contribution < -0.4 is 21.3 Å². The molecule has 8 aromatic rings. The SMILES string of the molecule is Cc1cc(C)c(N2c3ccccc3B(c3cccc(-c4cc(C(C)(C)C)ccn4)c3)c3cc(-c4nc5ccccc5n4-c4ccccc4)ccc32)c(C)c1. The van der Waals surface area contributed by atoms with Crippen LogP contribution in [0.25, 0.3) is 39.4 Å². The molecule has 2 aromatic heterocycles. The third kappa shape index (κ3) is 5.72. The number of hydrogen-bond acceptors (Lipinski definition) is 3. The number of anilines is 3. The molecule has 0 saturated heterocycles. The van der Waals surface area contributed by atoms with E-state index in [4.69, 9.17) is 9.97 Å². The highest BCUT2D eigenvalue weighted by atomic mass is 15.2. The van der Waals surface area contributed by atoms with Crippen LogP contribution in [0.4, 0.5) is 17.1 Å². The molecule has 5 heteroatoms. The monoisotopic (exact) mass is 698 g/mol. The fourth-order valence-corrected chi connectivity index (χ4v) is 8.48. The molecule has 262 valence electrons. The molecule has 3 heterocycles. The number of hydrogen-bond donors (Lipinski definition) is 0. The largest absolute Gasteiger partial charge is 0.311 e. The third-order valence-electron chi connectivity index (χ3n) is 10.9. The van der Waals surface area contributed by atoms with E-state index in [0.29, 0.717) is 0 Å². The van der Waals surface area contributed by atoms with Crippen LogP contribution in [-0.4, -0.2) is 21.2 Å². The van der Waals surface area contributed by atoms with Gasteiger partial charge in [-0.1, -0.05) is 123 Å². The lowest BCUT2D eigenvalue weighted by molar-refractivity contribution is 0.589. The van der Waals surface area contributed by atoms with Crippen LogP contribution in [0.5, 0.6) is 0 Å². The quantitative estimate of drug-likeness (QED) is 0.168. The molecule has 0 N–H and O–H groups in total. The Labute approximate surface area is 318 Å². The first kappa shape index (κ1) is 33.6. The Morgan fingerprint density at radius 2 is 1.31 bits per heavy atom. The highest BCUT2D eigenvalue weighted by molar-refractivity contribution is 6.98. The van der Waals surface area contributed by atoms with Crippen molar-refractivity contribution in [3.05, 3.63) is 174 Å². The van der Waals surface area contributed by atoms with E-state index in [0.717, 1.165) is 39.4 Å². The molecule has 0 bridgehead atoms. The van der Waals surface area contributed by atoms with Gasteiger partial charge >= 0.3 is 0 Å². The zero-order valence-electron chi connectivity index (χ0n) is 31.8. The van der Waals surface area contributed by atoms with Crippen LogP contribution in [-0.2, 0) is 5.41 Å². The minimum atomic E-state index is -0.0289. The van der Waals surface area contributed by atoms with Crippen LogP contribution in [0, 0.1) is 20.8 Å². The van der Waals surface area contributed by atoms with Crippen molar-refractivity contribution in [2.45, 2.75) is 47.0 Å². The molecule has 0 amide bonds. The van der Waals surface area contributed by atoms with Gasteiger partial charge in [0.15, 0.2) is 0 Å². The number of aryl methyl sites for hydroxylation is 3. The van der Waals surface area contributed by atoms with E-state index in [1.165, 1.54) is 55.7 Å². The topological polar surface area (TPSA) is 34.0 Å². The summed E-state index contributed by atoms with van der Waals surface area (Å²) in [6.45, 7) is 13.4. The molecule has 0 radical (unpaired) electrons. The van der Waals surface area contributed by atoms with E-state index in [1.807, 2.05) is 6.20 Å². The highest BCUT2D eigenvalue weighted by Crippen LogP contribution is 2.41. The number of rotatable bonds is 5. The lowest BCUT2D eigenvalue weighted by atomic mass is 9.35. The van der Waals surface area contributed by atoms with E-state index in [1.54, 1.807) is 0 Å². The third-order valence-corrected chi connectivity index (χ3v) is 10.9. The molecule has 54 heavy (non-hydrogen) atoms. The average molecular weight is 699 g/mol. The fourth-order valence-electron chi connectivity index (χ4n) is 8.48. The molecule has 0 atom stereocenters. The van der Waals surface area contributed by atoms with Gasteiger partial charge in [0, 0.05) is 28.8 Å². The van der Waals surface area contributed by atoms with E-state index < -0.39 is 0 Å².